The first kappa shape index (κ1) is 17.2. The van der Waals surface area contributed by atoms with Crippen LogP contribution in [0.5, 0.6) is 0 Å². The Kier molecular flexibility index (Phi) is 4.65. The third-order valence-electron chi connectivity index (χ3n) is 3.34. The standard InChI is InChI=1S/C17H13FN2O3S2/c1-11(21)16-15(12-5-3-2-4-6-12)19-17(24-16)20-25(22,23)14-9-7-13(18)8-10-14/h2-10H,1H3,(H,19,20). The van der Waals surface area contributed by atoms with Crippen LogP contribution in [0.4, 0.5) is 9.52 Å². The Hall–Kier alpha value is -2.58. The highest BCUT2D eigenvalue weighted by Crippen LogP contribution is 2.32. The van der Waals surface area contributed by atoms with Crippen LogP contribution in [-0.4, -0.2) is 19.2 Å². The number of anilines is 1. The summed E-state index contributed by atoms with van der Waals surface area (Å²) in [6.45, 7) is 1.40. The van der Waals surface area contributed by atoms with Crippen LogP contribution in [0.15, 0.2) is 59.5 Å². The van der Waals surface area contributed by atoms with E-state index < -0.39 is 15.8 Å². The van der Waals surface area contributed by atoms with Crippen LogP contribution in [0, 0.1) is 5.82 Å². The summed E-state index contributed by atoms with van der Waals surface area (Å²) in [6, 6.07) is 13.5. The summed E-state index contributed by atoms with van der Waals surface area (Å²) in [7, 11) is -3.92. The first-order chi connectivity index (χ1) is 11.9. The molecule has 0 atom stereocenters. The zero-order valence-corrected chi connectivity index (χ0v) is 14.7. The smallest absolute Gasteiger partial charge is 0.263 e. The Morgan fingerprint density at radius 2 is 1.72 bits per heavy atom. The van der Waals surface area contributed by atoms with Crippen LogP contribution in [0.3, 0.4) is 0 Å². The SMILES string of the molecule is CC(=O)c1sc(NS(=O)(=O)c2ccc(F)cc2)nc1-c1ccccc1. The van der Waals surface area contributed by atoms with Crippen molar-refractivity contribution in [1.29, 1.82) is 0 Å². The normalized spacial score (nSPS) is 11.3. The van der Waals surface area contributed by atoms with Crippen LogP contribution in [-0.2, 0) is 10.0 Å². The van der Waals surface area contributed by atoms with Crippen LogP contribution >= 0.6 is 11.3 Å². The van der Waals surface area contributed by atoms with Gasteiger partial charge < -0.3 is 0 Å². The van der Waals surface area contributed by atoms with Crippen molar-refractivity contribution >= 4 is 32.3 Å². The Morgan fingerprint density at radius 3 is 2.32 bits per heavy atom. The third kappa shape index (κ3) is 3.75. The fraction of sp³-hybridized carbons (Fsp3) is 0.0588. The zero-order valence-electron chi connectivity index (χ0n) is 13.1. The van der Waals surface area contributed by atoms with Crippen molar-refractivity contribution < 1.29 is 17.6 Å². The highest BCUT2D eigenvalue weighted by atomic mass is 32.2. The molecule has 0 unspecified atom stereocenters. The minimum absolute atomic E-state index is 0.0772. The minimum Gasteiger partial charge on any atom is -0.294 e. The number of carbonyl (C=O) groups is 1. The summed E-state index contributed by atoms with van der Waals surface area (Å²) >= 11 is 0.962. The molecule has 0 aliphatic heterocycles. The number of aromatic nitrogens is 1. The second-order valence-corrected chi connectivity index (χ2v) is 7.86. The number of Topliss-reactive ketones (excluding diaryl/α,β-unsaturated/α-hetero) is 1. The summed E-state index contributed by atoms with van der Waals surface area (Å²) < 4.78 is 40.1. The Balaban J connectivity index is 1.98. The largest absolute Gasteiger partial charge is 0.294 e. The number of benzene rings is 2. The molecule has 0 radical (unpaired) electrons. The predicted molar refractivity (Wildman–Crippen MR) is 94.8 cm³/mol. The van der Waals surface area contributed by atoms with Gasteiger partial charge in [0.2, 0.25) is 0 Å². The van der Waals surface area contributed by atoms with Crippen molar-refractivity contribution in [3.8, 4) is 11.3 Å². The molecule has 1 heterocycles. The molecule has 1 aromatic heterocycles. The Bertz CT molecular complexity index is 1010. The van der Waals surface area contributed by atoms with Crippen molar-refractivity contribution in [2.24, 2.45) is 0 Å². The lowest BCUT2D eigenvalue weighted by Gasteiger charge is -2.04. The molecule has 3 aromatic rings. The topological polar surface area (TPSA) is 76.1 Å². The monoisotopic (exact) mass is 376 g/mol. The maximum absolute atomic E-state index is 13.0. The van der Waals surface area contributed by atoms with Gasteiger partial charge in [0.1, 0.15) is 5.82 Å². The van der Waals surface area contributed by atoms with Crippen molar-refractivity contribution in [2.75, 3.05) is 4.72 Å². The molecular formula is C17H13FN2O3S2. The number of halogens is 1. The van der Waals surface area contributed by atoms with E-state index in [9.17, 15) is 17.6 Å². The van der Waals surface area contributed by atoms with Gasteiger partial charge in [0, 0.05) is 12.5 Å². The van der Waals surface area contributed by atoms with Gasteiger partial charge in [-0.2, -0.15) is 0 Å². The van der Waals surface area contributed by atoms with Crippen LogP contribution in [0.1, 0.15) is 16.6 Å². The average molecular weight is 376 g/mol. The third-order valence-corrected chi connectivity index (χ3v) is 5.90. The van der Waals surface area contributed by atoms with Gasteiger partial charge in [-0.05, 0) is 24.3 Å². The van der Waals surface area contributed by atoms with E-state index in [1.54, 1.807) is 24.3 Å². The number of rotatable bonds is 5. The summed E-state index contributed by atoms with van der Waals surface area (Å²) in [5, 5.41) is 0.0772. The lowest BCUT2D eigenvalue weighted by Crippen LogP contribution is -2.12. The molecule has 2 aromatic carbocycles. The van der Waals surface area contributed by atoms with E-state index in [1.165, 1.54) is 6.92 Å². The van der Waals surface area contributed by atoms with E-state index in [2.05, 4.69) is 9.71 Å². The molecule has 0 amide bonds. The fourth-order valence-corrected chi connectivity index (χ4v) is 4.30. The molecule has 3 rings (SSSR count). The number of nitrogens with zero attached hydrogens (tertiary/aromatic N) is 1. The first-order valence-corrected chi connectivity index (χ1v) is 9.52. The van der Waals surface area contributed by atoms with E-state index >= 15 is 0 Å². The molecule has 1 N–H and O–H groups in total. The molecule has 0 fully saturated rings. The molecule has 8 heteroatoms. The predicted octanol–water partition coefficient (Wildman–Crippen LogP) is 3.95. The zero-order chi connectivity index (χ0) is 18.0. The molecule has 0 saturated carbocycles. The summed E-state index contributed by atoms with van der Waals surface area (Å²) in [6.07, 6.45) is 0. The highest BCUT2D eigenvalue weighted by molar-refractivity contribution is 7.93. The molecule has 0 spiro atoms. The number of hydrogen-bond donors (Lipinski definition) is 1. The van der Waals surface area contributed by atoms with E-state index in [0.29, 0.717) is 10.6 Å². The molecular weight excluding hydrogens is 363 g/mol. The molecule has 0 bridgehead atoms. The van der Waals surface area contributed by atoms with Crippen LogP contribution < -0.4 is 4.72 Å². The van der Waals surface area contributed by atoms with Gasteiger partial charge in [-0.1, -0.05) is 41.7 Å². The van der Waals surface area contributed by atoms with E-state index in [4.69, 9.17) is 0 Å². The van der Waals surface area contributed by atoms with Crippen LogP contribution in [0.2, 0.25) is 0 Å². The second kappa shape index (κ2) is 6.73. The number of thiazole rings is 1. The molecule has 0 saturated heterocycles. The quantitative estimate of drug-likeness (QED) is 0.684. The maximum Gasteiger partial charge on any atom is 0.263 e. The first-order valence-electron chi connectivity index (χ1n) is 7.22. The molecule has 0 aliphatic rings. The average Bonchev–Trinajstić information content (AvgIpc) is 2.99. The lowest BCUT2D eigenvalue weighted by molar-refractivity contribution is 0.102. The number of carbonyl (C=O) groups excluding carboxylic acids is 1. The number of hydrogen-bond acceptors (Lipinski definition) is 5. The summed E-state index contributed by atoms with van der Waals surface area (Å²) in [5.74, 6) is -0.734. The maximum atomic E-state index is 13.0. The van der Waals surface area contributed by atoms with Gasteiger partial charge in [0.15, 0.2) is 10.9 Å². The Morgan fingerprint density at radius 1 is 1.08 bits per heavy atom. The molecule has 0 aliphatic carbocycles. The van der Waals surface area contributed by atoms with E-state index in [-0.39, 0.29) is 15.8 Å². The van der Waals surface area contributed by atoms with Gasteiger partial charge in [-0.15, -0.1) is 0 Å². The van der Waals surface area contributed by atoms with Crippen molar-refractivity contribution in [3.05, 3.63) is 65.3 Å². The minimum atomic E-state index is -3.92. The van der Waals surface area contributed by atoms with Gasteiger partial charge in [0.05, 0.1) is 15.5 Å². The number of sulfonamides is 1. The van der Waals surface area contributed by atoms with Crippen LogP contribution in [0.25, 0.3) is 11.3 Å². The van der Waals surface area contributed by atoms with E-state index in [0.717, 1.165) is 41.2 Å². The summed E-state index contributed by atoms with van der Waals surface area (Å²) in [4.78, 5) is 16.4. The van der Waals surface area contributed by atoms with Gasteiger partial charge in [0.25, 0.3) is 10.0 Å². The van der Waals surface area contributed by atoms with Crippen molar-refractivity contribution in [2.45, 2.75) is 11.8 Å². The summed E-state index contributed by atoms with van der Waals surface area (Å²) in [5.41, 5.74) is 1.14. The fourth-order valence-electron chi connectivity index (χ4n) is 2.18. The number of ketones is 1. The molecule has 128 valence electrons. The number of nitrogens with one attached hydrogen (secondary N) is 1. The lowest BCUT2D eigenvalue weighted by atomic mass is 10.1. The van der Waals surface area contributed by atoms with Crippen molar-refractivity contribution in [3.63, 3.8) is 0 Å². The van der Waals surface area contributed by atoms with Gasteiger partial charge >= 0.3 is 0 Å². The van der Waals surface area contributed by atoms with Crippen molar-refractivity contribution in [1.82, 2.24) is 4.98 Å². The molecule has 5 nitrogen and oxygen atoms in total. The molecule has 25 heavy (non-hydrogen) atoms. The highest BCUT2D eigenvalue weighted by Gasteiger charge is 2.21. The second-order valence-electron chi connectivity index (χ2n) is 5.18. The Labute approximate surface area is 148 Å². The van der Waals surface area contributed by atoms with Gasteiger partial charge in [-0.3, -0.25) is 9.52 Å². The van der Waals surface area contributed by atoms with E-state index in [1.807, 2.05) is 6.07 Å². The van der Waals surface area contributed by atoms with Gasteiger partial charge in [-0.25, -0.2) is 17.8 Å².